The van der Waals surface area contributed by atoms with Gasteiger partial charge in [-0.15, -0.1) is 0 Å². The Morgan fingerprint density at radius 1 is 1.03 bits per heavy atom. The monoisotopic (exact) mass is 461 g/mol. The van der Waals surface area contributed by atoms with E-state index in [0.717, 1.165) is 5.56 Å². The fourth-order valence-corrected chi connectivity index (χ4v) is 4.29. The fourth-order valence-electron chi connectivity index (χ4n) is 4.29. The van der Waals surface area contributed by atoms with E-state index in [4.69, 9.17) is 15.0 Å². The predicted molar refractivity (Wildman–Crippen MR) is 111 cm³/mol. The maximum Gasteiger partial charge on any atom is 0.391 e. The van der Waals surface area contributed by atoms with Crippen molar-refractivity contribution in [1.29, 1.82) is 0 Å². The normalized spacial score (nSPS) is 21.9. The van der Waals surface area contributed by atoms with Gasteiger partial charge in [-0.3, -0.25) is 0 Å². The number of hydrogen-bond acceptors (Lipinski definition) is 9. The molecule has 0 amide bonds. The molecule has 1 aliphatic heterocycles. The first-order chi connectivity index (χ1) is 15.9. The molecule has 0 radical (unpaired) electrons. The number of hydrogen-bond donors (Lipinski definition) is 1. The van der Waals surface area contributed by atoms with Gasteiger partial charge in [-0.25, -0.2) is 4.98 Å². The lowest BCUT2D eigenvalue weighted by Gasteiger charge is -2.16. The van der Waals surface area contributed by atoms with Crippen LogP contribution in [0.1, 0.15) is 17.8 Å². The van der Waals surface area contributed by atoms with Crippen LogP contribution in [0.2, 0.25) is 0 Å². The lowest BCUT2D eigenvalue weighted by molar-refractivity contribution is -0.145. The van der Waals surface area contributed by atoms with Gasteiger partial charge in [-0.1, -0.05) is 35.5 Å². The van der Waals surface area contributed by atoms with Crippen molar-refractivity contribution < 1.29 is 22.4 Å². The third-order valence-corrected chi connectivity index (χ3v) is 6.00. The Hall–Kier alpha value is -3.28. The van der Waals surface area contributed by atoms with Crippen LogP contribution in [0.15, 0.2) is 34.9 Å². The van der Waals surface area contributed by atoms with E-state index in [1.165, 1.54) is 0 Å². The van der Waals surface area contributed by atoms with Crippen LogP contribution in [0.4, 0.5) is 25.1 Å². The summed E-state index contributed by atoms with van der Waals surface area (Å²) in [7, 11) is 0. The van der Waals surface area contributed by atoms with Crippen LogP contribution in [-0.4, -0.2) is 57.6 Å². The Labute approximate surface area is 187 Å². The smallest absolute Gasteiger partial charge is 0.381 e. The van der Waals surface area contributed by atoms with Crippen LogP contribution in [0.5, 0.6) is 0 Å². The van der Waals surface area contributed by atoms with E-state index in [-0.39, 0.29) is 30.1 Å². The Balaban J connectivity index is 1.18. The summed E-state index contributed by atoms with van der Waals surface area (Å²) in [6.45, 7) is 1.44. The molecule has 3 atom stereocenters. The van der Waals surface area contributed by atoms with Crippen LogP contribution < -0.4 is 10.6 Å². The molecule has 5 rings (SSSR count). The largest absolute Gasteiger partial charge is 0.391 e. The number of nitrogen functional groups attached to an aromatic ring is 1. The molecule has 1 unspecified atom stereocenters. The molecule has 1 aliphatic carbocycles. The van der Waals surface area contributed by atoms with Gasteiger partial charge in [0.1, 0.15) is 5.82 Å². The molecule has 0 bridgehead atoms. The number of anilines is 2. The fraction of sp³-hybridized carbons (Fsp3) is 0.476. The van der Waals surface area contributed by atoms with Crippen molar-refractivity contribution >= 4 is 12.0 Å². The molecule has 2 N–H and O–H groups in total. The van der Waals surface area contributed by atoms with Gasteiger partial charge < -0.3 is 19.9 Å². The van der Waals surface area contributed by atoms with E-state index in [0.29, 0.717) is 49.8 Å². The third-order valence-electron chi connectivity index (χ3n) is 6.00. The highest BCUT2D eigenvalue weighted by atomic mass is 19.4. The van der Waals surface area contributed by atoms with Crippen molar-refractivity contribution in [3.63, 3.8) is 0 Å². The van der Waals surface area contributed by atoms with Gasteiger partial charge in [0.15, 0.2) is 0 Å². The first kappa shape index (κ1) is 21.6. The van der Waals surface area contributed by atoms with Crippen molar-refractivity contribution in [3.8, 4) is 11.6 Å². The first-order valence-corrected chi connectivity index (χ1v) is 10.6. The van der Waals surface area contributed by atoms with Crippen LogP contribution in [0, 0.1) is 17.8 Å². The molecule has 3 aromatic rings. The van der Waals surface area contributed by atoms with E-state index in [1.54, 1.807) is 0 Å². The lowest BCUT2D eigenvalue weighted by atomic mass is 10.1. The highest BCUT2D eigenvalue weighted by Gasteiger charge is 2.56. The number of halogens is 3. The van der Waals surface area contributed by atoms with E-state index in [9.17, 15) is 13.2 Å². The minimum absolute atomic E-state index is 0.0769. The molecule has 0 spiro atoms. The molecule has 1 saturated carbocycles. The Morgan fingerprint density at radius 3 is 2.52 bits per heavy atom. The van der Waals surface area contributed by atoms with Gasteiger partial charge in [0.2, 0.25) is 17.6 Å². The van der Waals surface area contributed by atoms with E-state index in [1.807, 2.05) is 35.2 Å². The molecule has 1 saturated heterocycles. The topological polar surface area (TPSA) is 116 Å². The summed E-state index contributed by atoms with van der Waals surface area (Å²) >= 11 is 0. The van der Waals surface area contributed by atoms with Crippen molar-refractivity contribution in [2.75, 3.05) is 36.9 Å². The number of nitrogens with two attached hydrogens (primary N) is 1. The molecular formula is C21H22F3N7O2. The second-order valence-electron chi connectivity index (χ2n) is 8.33. The van der Waals surface area contributed by atoms with E-state index in [2.05, 4.69) is 25.1 Å². The average Bonchev–Trinajstić information content (AvgIpc) is 3.14. The Morgan fingerprint density at radius 2 is 1.79 bits per heavy atom. The van der Waals surface area contributed by atoms with Gasteiger partial charge in [-0.05, 0) is 23.3 Å². The summed E-state index contributed by atoms with van der Waals surface area (Å²) in [5, 5.41) is 4.00. The number of nitrogens with zero attached hydrogens (tertiary/aromatic N) is 6. The van der Waals surface area contributed by atoms with Gasteiger partial charge in [0.05, 0.1) is 19.6 Å². The second-order valence-corrected chi connectivity index (χ2v) is 8.33. The zero-order valence-electron chi connectivity index (χ0n) is 17.6. The highest BCUT2D eigenvalue weighted by molar-refractivity contribution is 5.47. The molecule has 12 heteroatoms. The highest BCUT2D eigenvalue weighted by Crippen LogP contribution is 2.52. The lowest BCUT2D eigenvalue weighted by Crippen LogP contribution is -2.25. The maximum atomic E-state index is 12.2. The van der Waals surface area contributed by atoms with E-state index >= 15 is 0 Å². The average molecular weight is 461 g/mol. The zero-order valence-corrected chi connectivity index (χ0v) is 17.6. The molecular weight excluding hydrogens is 439 g/mol. The summed E-state index contributed by atoms with van der Waals surface area (Å²) in [4.78, 5) is 19.1. The van der Waals surface area contributed by atoms with Crippen molar-refractivity contribution in [2.45, 2.75) is 19.0 Å². The number of alkyl halides is 3. The second kappa shape index (κ2) is 8.58. The number of benzene rings is 1. The summed E-state index contributed by atoms with van der Waals surface area (Å²) in [5.74, 6) is 2.04. The molecule has 3 heterocycles. The third kappa shape index (κ3) is 5.05. The molecule has 9 nitrogen and oxygen atoms in total. The number of fused-ring (bicyclic) bond motifs is 1. The zero-order chi connectivity index (χ0) is 23.0. The Kier molecular flexibility index (Phi) is 5.60. The van der Waals surface area contributed by atoms with Crippen molar-refractivity contribution in [2.24, 2.45) is 17.8 Å². The van der Waals surface area contributed by atoms with Crippen molar-refractivity contribution in [1.82, 2.24) is 25.1 Å². The summed E-state index contributed by atoms with van der Waals surface area (Å²) in [6, 6.07) is 10.1. The van der Waals surface area contributed by atoms with Gasteiger partial charge >= 0.3 is 12.2 Å². The quantitative estimate of drug-likeness (QED) is 0.506. The molecule has 174 valence electrons. The summed E-state index contributed by atoms with van der Waals surface area (Å²) < 4.78 is 47.2. The van der Waals surface area contributed by atoms with Crippen LogP contribution in [-0.2, 0) is 11.2 Å². The molecule has 2 aliphatic rings. The summed E-state index contributed by atoms with van der Waals surface area (Å²) in [6.07, 6.45) is -4.61. The van der Waals surface area contributed by atoms with Gasteiger partial charge in [0, 0.05) is 19.5 Å². The minimum Gasteiger partial charge on any atom is -0.381 e. The van der Waals surface area contributed by atoms with Crippen molar-refractivity contribution in [3.05, 3.63) is 41.7 Å². The summed E-state index contributed by atoms with van der Waals surface area (Å²) in [5.41, 5.74) is 6.90. The number of aromatic nitrogens is 5. The van der Waals surface area contributed by atoms with Crippen LogP contribution in [0.25, 0.3) is 11.6 Å². The standard InChI is InChI=1S/C21H22F3N7O2/c22-21(23,24)6-7-32-11-15-13-9-31(10-14(13)15)20-29-18(30-33-20)17-26-16(27-19(25)28-17)8-12-4-2-1-3-5-12/h1-5,13-15H,6-11H2,(H2,25,26,27,28)/t13-,14+,15?. The van der Waals surface area contributed by atoms with Gasteiger partial charge in [-0.2, -0.15) is 28.1 Å². The number of ether oxygens (including phenoxy) is 1. The SMILES string of the molecule is Nc1nc(Cc2ccccc2)nc(-c2noc(N3C[C@@H]4C(COCCC(F)(F)F)[C@@H]4C3)n2)n1. The number of piperidine rings is 1. The van der Waals surface area contributed by atoms with Crippen LogP contribution in [0.3, 0.4) is 0 Å². The molecule has 1 aromatic carbocycles. The van der Waals surface area contributed by atoms with Gasteiger partial charge in [0.25, 0.3) is 0 Å². The molecule has 2 fully saturated rings. The maximum absolute atomic E-state index is 12.2. The minimum atomic E-state index is -4.18. The Bertz CT molecular complexity index is 1100. The first-order valence-electron chi connectivity index (χ1n) is 10.6. The number of rotatable bonds is 8. The predicted octanol–water partition coefficient (Wildman–Crippen LogP) is 2.75. The molecule has 33 heavy (non-hydrogen) atoms. The molecule has 2 aromatic heterocycles. The van der Waals surface area contributed by atoms with Crippen LogP contribution >= 0.6 is 0 Å². The van der Waals surface area contributed by atoms with E-state index < -0.39 is 12.6 Å².